The van der Waals surface area contributed by atoms with Crippen LogP contribution in [0.25, 0.3) is 0 Å². The first-order valence-corrected chi connectivity index (χ1v) is 7.23. The Balaban J connectivity index is 2.09. The number of likely N-dealkylation sites (N-methyl/N-ethyl adjacent to an activating group) is 1. The fraction of sp³-hybridized carbons (Fsp3) is 0.278. The Morgan fingerprint density at radius 1 is 1.05 bits per heavy atom. The lowest BCUT2D eigenvalue weighted by Gasteiger charge is -2.17. The summed E-state index contributed by atoms with van der Waals surface area (Å²) in [7, 11) is 1.97. The summed E-state index contributed by atoms with van der Waals surface area (Å²) in [6.07, 6.45) is 0. The largest absolute Gasteiger partial charge is 0.465 e. The quantitative estimate of drug-likeness (QED) is 0.637. The zero-order valence-corrected chi connectivity index (χ0v) is 12.3. The predicted octanol–water partition coefficient (Wildman–Crippen LogP) is 2.81. The summed E-state index contributed by atoms with van der Waals surface area (Å²) in [4.78, 5) is 14.4. The highest BCUT2D eigenvalue weighted by Crippen LogP contribution is 2.53. The van der Waals surface area contributed by atoms with Crippen LogP contribution in [-0.2, 0) is 15.1 Å². The van der Waals surface area contributed by atoms with E-state index in [1.54, 1.807) is 0 Å². The first-order valence-electron chi connectivity index (χ1n) is 7.23. The maximum Gasteiger partial charge on any atom is 0.326 e. The highest BCUT2D eigenvalue weighted by molar-refractivity contribution is 5.84. The number of hydrogen-bond donors (Lipinski definition) is 0. The average molecular weight is 281 g/mol. The molecule has 108 valence electrons. The first kappa shape index (κ1) is 13.8. The van der Waals surface area contributed by atoms with Crippen LogP contribution in [0, 0.1) is 0 Å². The summed E-state index contributed by atoms with van der Waals surface area (Å²) in [6, 6.07) is 20.0. The van der Waals surface area contributed by atoms with Crippen molar-refractivity contribution in [3.8, 4) is 0 Å². The van der Waals surface area contributed by atoms with E-state index in [1.165, 1.54) is 0 Å². The molecule has 1 saturated heterocycles. The van der Waals surface area contributed by atoms with E-state index in [9.17, 15) is 4.79 Å². The van der Waals surface area contributed by atoms with Gasteiger partial charge in [-0.3, -0.25) is 9.69 Å². The standard InChI is InChI=1S/C18H19NO2/c1-3-21-17(20)16-18(19(16)2,14-10-6-4-7-11-14)15-12-8-5-9-13-15/h4-13,16H,3H2,1-2H3. The van der Waals surface area contributed by atoms with E-state index in [0.717, 1.165) is 11.1 Å². The van der Waals surface area contributed by atoms with Crippen molar-refractivity contribution in [2.24, 2.45) is 0 Å². The van der Waals surface area contributed by atoms with Crippen molar-refractivity contribution in [2.45, 2.75) is 18.5 Å². The van der Waals surface area contributed by atoms with Gasteiger partial charge in [0.05, 0.1) is 12.1 Å². The van der Waals surface area contributed by atoms with Crippen molar-refractivity contribution in [1.29, 1.82) is 0 Å². The maximum atomic E-state index is 12.3. The maximum absolute atomic E-state index is 12.3. The van der Waals surface area contributed by atoms with E-state index in [4.69, 9.17) is 4.74 Å². The minimum atomic E-state index is -0.408. The van der Waals surface area contributed by atoms with E-state index >= 15 is 0 Å². The average Bonchev–Trinajstić information content (AvgIpc) is 3.16. The van der Waals surface area contributed by atoms with Crippen LogP contribution in [0.3, 0.4) is 0 Å². The van der Waals surface area contributed by atoms with Gasteiger partial charge in [-0.2, -0.15) is 0 Å². The van der Waals surface area contributed by atoms with Gasteiger partial charge in [-0.1, -0.05) is 60.7 Å². The molecule has 0 spiro atoms. The minimum Gasteiger partial charge on any atom is -0.465 e. The fourth-order valence-corrected chi connectivity index (χ4v) is 3.24. The molecule has 0 amide bonds. The van der Waals surface area contributed by atoms with E-state index in [1.807, 2.05) is 50.4 Å². The number of benzene rings is 2. The molecule has 1 heterocycles. The molecule has 2 aromatic carbocycles. The summed E-state index contributed by atoms with van der Waals surface area (Å²) in [6.45, 7) is 2.25. The van der Waals surface area contributed by atoms with Gasteiger partial charge < -0.3 is 4.74 Å². The highest BCUT2D eigenvalue weighted by atomic mass is 16.5. The second-order valence-electron chi connectivity index (χ2n) is 5.26. The third kappa shape index (κ3) is 2.05. The smallest absolute Gasteiger partial charge is 0.326 e. The van der Waals surface area contributed by atoms with E-state index in [-0.39, 0.29) is 12.0 Å². The molecular weight excluding hydrogens is 262 g/mol. The number of ether oxygens (including phenoxy) is 1. The minimum absolute atomic E-state index is 0.160. The van der Waals surface area contributed by atoms with Crippen molar-refractivity contribution >= 4 is 5.97 Å². The van der Waals surface area contributed by atoms with Crippen molar-refractivity contribution in [3.63, 3.8) is 0 Å². The zero-order valence-electron chi connectivity index (χ0n) is 12.3. The molecule has 0 aliphatic carbocycles. The molecule has 0 N–H and O–H groups in total. The third-order valence-corrected chi connectivity index (χ3v) is 4.21. The van der Waals surface area contributed by atoms with Gasteiger partial charge >= 0.3 is 5.97 Å². The van der Waals surface area contributed by atoms with Crippen LogP contribution in [-0.4, -0.2) is 30.6 Å². The molecule has 21 heavy (non-hydrogen) atoms. The van der Waals surface area contributed by atoms with Gasteiger partial charge in [0.15, 0.2) is 0 Å². The Labute approximate surface area is 125 Å². The molecule has 1 aliphatic heterocycles. The molecule has 0 radical (unpaired) electrons. The van der Waals surface area contributed by atoms with E-state index in [2.05, 4.69) is 29.2 Å². The summed E-state index contributed by atoms with van der Waals surface area (Å²) in [5, 5.41) is 0. The molecule has 1 fully saturated rings. The molecule has 1 aliphatic rings. The lowest BCUT2D eigenvalue weighted by atomic mass is 9.87. The fourth-order valence-electron chi connectivity index (χ4n) is 3.24. The molecule has 2 aromatic rings. The topological polar surface area (TPSA) is 29.3 Å². The Morgan fingerprint density at radius 2 is 1.52 bits per heavy atom. The van der Waals surface area contributed by atoms with Gasteiger partial charge in [0, 0.05) is 0 Å². The lowest BCUT2D eigenvalue weighted by Crippen LogP contribution is -2.22. The monoisotopic (exact) mass is 281 g/mol. The Morgan fingerprint density at radius 3 is 1.95 bits per heavy atom. The number of carbonyl (C=O) groups is 1. The molecule has 3 heteroatoms. The van der Waals surface area contributed by atoms with E-state index < -0.39 is 5.54 Å². The Bertz CT molecular complexity index is 585. The van der Waals surface area contributed by atoms with Crippen LogP contribution in [0.1, 0.15) is 18.1 Å². The molecule has 2 unspecified atom stereocenters. The second kappa shape index (κ2) is 5.34. The summed E-state index contributed by atoms with van der Waals surface area (Å²) in [5.41, 5.74) is 1.84. The molecule has 0 saturated carbocycles. The number of nitrogens with zero attached hydrogens (tertiary/aromatic N) is 1. The second-order valence-corrected chi connectivity index (χ2v) is 5.26. The highest BCUT2D eigenvalue weighted by Gasteiger charge is 2.67. The van der Waals surface area contributed by atoms with Crippen molar-refractivity contribution < 1.29 is 9.53 Å². The van der Waals surface area contributed by atoms with Gasteiger partial charge in [-0.05, 0) is 25.1 Å². The summed E-state index contributed by atoms with van der Waals surface area (Å²) in [5.74, 6) is -0.160. The molecular formula is C18H19NO2. The number of carbonyl (C=O) groups excluding carboxylic acids is 1. The van der Waals surface area contributed by atoms with Crippen molar-refractivity contribution in [1.82, 2.24) is 4.90 Å². The van der Waals surface area contributed by atoms with Crippen molar-refractivity contribution in [2.75, 3.05) is 13.7 Å². The molecule has 3 rings (SSSR count). The van der Waals surface area contributed by atoms with Crippen LogP contribution in [0.4, 0.5) is 0 Å². The third-order valence-electron chi connectivity index (χ3n) is 4.21. The Kier molecular flexibility index (Phi) is 3.52. The van der Waals surface area contributed by atoms with Crippen LogP contribution < -0.4 is 0 Å². The van der Waals surface area contributed by atoms with Gasteiger partial charge in [0.25, 0.3) is 0 Å². The van der Waals surface area contributed by atoms with Crippen LogP contribution in [0.5, 0.6) is 0 Å². The van der Waals surface area contributed by atoms with Crippen molar-refractivity contribution in [3.05, 3.63) is 71.8 Å². The number of hydrogen-bond acceptors (Lipinski definition) is 3. The summed E-state index contributed by atoms with van der Waals surface area (Å²) < 4.78 is 5.25. The molecule has 3 nitrogen and oxygen atoms in total. The van der Waals surface area contributed by atoms with Crippen LogP contribution in [0.15, 0.2) is 60.7 Å². The Hall–Kier alpha value is -2.13. The lowest BCUT2D eigenvalue weighted by molar-refractivity contribution is -0.143. The zero-order chi connectivity index (χ0) is 14.9. The summed E-state index contributed by atoms with van der Waals surface area (Å²) >= 11 is 0. The molecule has 0 bridgehead atoms. The van der Waals surface area contributed by atoms with Crippen LogP contribution >= 0.6 is 0 Å². The normalized spacial score (nSPS) is 22.6. The van der Waals surface area contributed by atoms with Gasteiger partial charge in [0.1, 0.15) is 6.04 Å². The molecule has 2 atom stereocenters. The first-order chi connectivity index (χ1) is 10.2. The number of esters is 1. The van der Waals surface area contributed by atoms with Crippen LogP contribution in [0.2, 0.25) is 0 Å². The van der Waals surface area contributed by atoms with Gasteiger partial charge in [0.2, 0.25) is 0 Å². The predicted molar refractivity (Wildman–Crippen MR) is 81.8 cm³/mol. The van der Waals surface area contributed by atoms with Gasteiger partial charge in [-0.15, -0.1) is 0 Å². The van der Waals surface area contributed by atoms with E-state index in [0.29, 0.717) is 6.61 Å². The molecule has 0 aromatic heterocycles. The van der Waals surface area contributed by atoms with Gasteiger partial charge in [-0.25, -0.2) is 0 Å². The SMILES string of the molecule is CCOC(=O)C1N(C)C1(c1ccccc1)c1ccccc1. The number of rotatable bonds is 4.